The summed E-state index contributed by atoms with van der Waals surface area (Å²) >= 11 is 3.14. The van der Waals surface area contributed by atoms with Crippen molar-refractivity contribution in [3.63, 3.8) is 0 Å². The van der Waals surface area contributed by atoms with Crippen molar-refractivity contribution in [3.8, 4) is 11.4 Å². The molecule has 0 fully saturated rings. The second kappa shape index (κ2) is 9.02. The number of benzene rings is 2. The molecule has 0 saturated carbocycles. The van der Waals surface area contributed by atoms with E-state index in [0.29, 0.717) is 5.75 Å². The molecular weight excluding hydrogens is 412 g/mol. The van der Waals surface area contributed by atoms with E-state index in [1.165, 1.54) is 21.8 Å². The fourth-order valence-electron chi connectivity index (χ4n) is 3.54. The topological polar surface area (TPSA) is 59.8 Å². The van der Waals surface area contributed by atoms with Crippen molar-refractivity contribution in [1.29, 1.82) is 0 Å². The Kier molecular flexibility index (Phi) is 6.20. The second-order valence-electron chi connectivity index (χ2n) is 7.32. The minimum absolute atomic E-state index is 0.0430. The molecule has 2 aromatic carbocycles. The molecule has 30 heavy (non-hydrogen) atoms. The number of thioether (sulfide) groups is 1. The summed E-state index contributed by atoms with van der Waals surface area (Å²) in [7, 11) is 0. The van der Waals surface area contributed by atoms with Gasteiger partial charge in [-0.15, -0.1) is 21.5 Å². The molecule has 7 heteroatoms. The first kappa shape index (κ1) is 20.6. The van der Waals surface area contributed by atoms with Gasteiger partial charge in [0.2, 0.25) is 5.91 Å². The van der Waals surface area contributed by atoms with E-state index < -0.39 is 0 Å². The Morgan fingerprint density at radius 1 is 1.13 bits per heavy atom. The molecule has 0 aliphatic rings. The first-order valence-electron chi connectivity index (χ1n) is 9.96. The van der Waals surface area contributed by atoms with Gasteiger partial charge >= 0.3 is 0 Å². The van der Waals surface area contributed by atoms with Gasteiger partial charge < -0.3 is 9.88 Å². The Hall–Kier alpha value is -2.64. The number of aromatic nitrogens is 3. The predicted octanol–water partition coefficient (Wildman–Crippen LogP) is 5.92. The number of anilines is 1. The van der Waals surface area contributed by atoms with Crippen LogP contribution in [-0.2, 0) is 11.3 Å². The summed E-state index contributed by atoms with van der Waals surface area (Å²) in [6.45, 7) is 7.00. The third-order valence-electron chi connectivity index (χ3n) is 4.72. The molecule has 0 radical (unpaired) electrons. The summed E-state index contributed by atoms with van der Waals surface area (Å²) in [4.78, 5) is 12.5. The number of hydrogen-bond donors (Lipinski definition) is 1. The van der Waals surface area contributed by atoms with Crippen LogP contribution in [0.4, 0.5) is 5.69 Å². The molecule has 4 rings (SSSR count). The predicted molar refractivity (Wildman–Crippen MR) is 126 cm³/mol. The van der Waals surface area contributed by atoms with Crippen molar-refractivity contribution >= 4 is 44.8 Å². The Morgan fingerprint density at radius 2 is 1.90 bits per heavy atom. The number of amides is 1. The monoisotopic (exact) mass is 436 g/mol. The Morgan fingerprint density at radius 3 is 2.67 bits per heavy atom. The number of rotatable bonds is 7. The summed E-state index contributed by atoms with van der Waals surface area (Å²) < 4.78 is 3.36. The first-order valence-corrected chi connectivity index (χ1v) is 11.8. The summed E-state index contributed by atoms with van der Waals surface area (Å²) in [5.41, 5.74) is 4.20. The average Bonchev–Trinajstić information content (AvgIpc) is 3.30. The van der Waals surface area contributed by atoms with Crippen LogP contribution in [0.5, 0.6) is 0 Å². The highest BCUT2D eigenvalue weighted by Crippen LogP contribution is 2.34. The first-order chi connectivity index (χ1) is 14.5. The number of aryl methyl sites for hydroxylation is 2. The third kappa shape index (κ3) is 4.42. The van der Waals surface area contributed by atoms with Crippen LogP contribution < -0.4 is 5.32 Å². The zero-order valence-corrected chi connectivity index (χ0v) is 18.9. The van der Waals surface area contributed by atoms with E-state index in [-0.39, 0.29) is 5.91 Å². The number of nitrogens with one attached hydrogen (secondary N) is 1. The van der Waals surface area contributed by atoms with Crippen molar-refractivity contribution in [2.45, 2.75) is 38.9 Å². The van der Waals surface area contributed by atoms with E-state index >= 15 is 0 Å². The fourth-order valence-corrected chi connectivity index (χ4v) is 5.25. The lowest BCUT2D eigenvalue weighted by atomic mass is 10.1. The van der Waals surface area contributed by atoms with Gasteiger partial charge in [-0.05, 0) is 49.6 Å². The van der Waals surface area contributed by atoms with Gasteiger partial charge in [-0.1, -0.05) is 43.0 Å². The Labute approximate surface area is 184 Å². The van der Waals surface area contributed by atoms with E-state index in [4.69, 9.17) is 0 Å². The maximum Gasteiger partial charge on any atom is 0.234 e. The van der Waals surface area contributed by atoms with Crippen LogP contribution in [0.15, 0.2) is 53.0 Å². The minimum Gasteiger partial charge on any atom is -0.325 e. The van der Waals surface area contributed by atoms with Crippen LogP contribution >= 0.6 is 23.1 Å². The molecule has 0 aliphatic carbocycles. The van der Waals surface area contributed by atoms with Crippen LogP contribution in [0.1, 0.15) is 24.5 Å². The molecule has 2 aromatic heterocycles. The lowest BCUT2D eigenvalue weighted by Crippen LogP contribution is -2.15. The maximum absolute atomic E-state index is 12.5. The third-order valence-corrected chi connectivity index (χ3v) is 6.65. The van der Waals surface area contributed by atoms with Crippen molar-refractivity contribution < 1.29 is 4.79 Å². The summed E-state index contributed by atoms with van der Waals surface area (Å²) in [5, 5.41) is 16.0. The summed E-state index contributed by atoms with van der Waals surface area (Å²) in [5.74, 6) is 1.12. The zero-order chi connectivity index (χ0) is 21.1. The van der Waals surface area contributed by atoms with Gasteiger partial charge in [0, 0.05) is 33.3 Å². The largest absolute Gasteiger partial charge is 0.325 e. The van der Waals surface area contributed by atoms with Gasteiger partial charge in [0.25, 0.3) is 0 Å². The molecule has 2 heterocycles. The summed E-state index contributed by atoms with van der Waals surface area (Å²) in [6, 6.07) is 14.4. The van der Waals surface area contributed by atoms with Gasteiger partial charge in [-0.2, -0.15) is 0 Å². The van der Waals surface area contributed by atoms with Gasteiger partial charge in [0.15, 0.2) is 11.0 Å². The van der Waals surface area contributed by atoms with Crippen LogP contribution in [-0.4, -0.2) is 26.4 Å². The minimum atomic E-state index is -0.0430. The molecule has 5 nitrogen and oxygen atoms in total. The van der Waals surface area contributed by atoms with E-state index in [2.05, 4.69) is 56.7 Å². The molecule has 1 amide bonds. The number of fused-ring (bicyclic) bond motifs is 1. The van der Waals surface area contributed by atoms with Crippen LogP contribution in [0, 0.1) is 13.8 Å². The van der Waals surface area contributed by atoms with E-state index in [1.807, 2.05) is 32.0 Å². The molecule has 0 saturated heterocycles. The molecule has 0 spiro atoms. The smallest absolute Gasteiger partial charge is 0.234 e. The standard InChI is InChI=1S/C23H24N4OS2/c1-4-9-27-22(19-13-29-20-8-6-5-7-18(19)20)25-26-23(27)30-14-21(28)24-17-11-15(2)10-16(3)12-17/h5-8,10-13H,4,9,14H2,1-3H3,(H,24,28). The van der Waals surface area contributed by atoms with E-state index in [1.54, 1.807) is 11.3 Å². The van der Waals surface area contributed by atoms with Crippen molar-refractivity contribution in [2.75, 3.05) is 11.1 Å². The lowest BCUT2D eigenvalue weighted by Gasteiger charge is -2.09. The second-order valence-corrected chi connectivity index (χ2v) is 9.17. The van der Waals surface area contributed by atoms with E-state index in [9.17, 15) is 4.79 Å². The summed E-state index contributed by atoms with van der Waals surface area (Å²) in [6.07, 6.45) is 0.968. The SMILES string of the molecule is CCCn1c(SCC(=O)Nc2cc(C)cc(C)c2)nnc1-c1csc2ccccc12. The lowest BCUT2D eigenvalue weighted by molar-refractivity contribution is -0.113. The Bertz CT molecular complexity index is 1170. The number of carbonyl (C=O) groups is 1. The van der Waals surface area contributed by atoms with Crippen molar-refractivity contribution in [1.82, 2.24) is 14.8 Å². The molecule has 1 N–H and O–H groups in total. The molecule has 154 valence electrons. The normalized spacial score (nSPS) is 11.2. The molecule has 0 bridgehead atoms. The Balaban J connectivity index is 1.52. The van der Waals surface area contributed by atoms with E-state index in [0.717, 1.165) is 46.3 Å². The number of nitrogens with zero attached hydrogens (tertiary/aromatic N) is 3. The van der Waals surface area contributed by atoms with Gasteiger partial charge in [0.05, 0.1) is 5.75 Å². The number of hydrogen-bond acceptors (Lipinski definition) is 5. The fraction of sp³-hybridized carbons (Fsp3) is 0.261. The number of carbonyl (C=O) groups excluding carboxylic acids is 1. The molecule has 0 unspecified atom stereocenters. The van der Waals surface area contributed by atoms with Gasteiger partial charge in [0.1, 0.15) is 0 Å². The van der Waals surface area contributed by atoms with Crippen LogP contribution in [0.25, 0.3) is 21.5 Å². The van der Waals surface area contributed by atoms with Crippen molar-refractivity contribution in [3.05, 3.63) is 59.0 Å². The number of thiophene rings is 1. The van der Waals surface area contributed by atoms with Gasteiger partial charge in [-0.25, -0.2) is 0 Å². The highest BCUT2D eigenvalue weighted by atomic mass is 32.2. The van der Waals surface area contributed by atoms with Gasteiger partial charge in [-0.3, -0.25) is 4.79 Å². The average molecular weight is 437 g/mol. The van der Waals surface area contributed by atoms with Crippen LogP contribution in [0.2, 0.25) is 0 Å². The van der Waals surface area contributed by atoms with Crippen LogP contribution in [0.3, 0.4) is 0 Å². The molecule has 4 aromatic rings. The molecule has 0 aliphatic heterocycles. The quantitative estimate of drug-likeness (QED) is 0.366. The highest BCUT2D eigenvalue weighted by Gasteiger charge is 2.18. The maximum atomic E-state index is 12.5. The highest BCUT2D eigenvalue weighted by molar-refractivity contribution is 7.99. The molecular formula is C23H24N4OS2. The van der Waals surface area contributed by atoms with Crippen molar-refractivity contribution in [2.24, 2.45) is 0 Å². The molecule has 0 atom stereocenters. The zero-order valence-electron chi connectivity index (χ0n) is 17.3.